The van der Waals surface area contributed by atoms with Crippen LogP contribution in [0.15, 0.2) is 109 Å². The van der Waals surface area contributed by atoms with Gasteiger partial charge in [0.25, 0.3) is 0 Å². The van der Waals surface area contributed by atoms with Crippen molar-refractivity contribution < 1.29 is 66.7 Å². The molecule has 414 valence electrons. The molecule has 14 heteroatoms. The number of rotatable bonds is 37. The second-order valence-corrected chi connectivity index (χ2v) is 18.8. The second-order valence-electron chi connectivity index (χ2n) is 18.8. The first kappa shape index (κ1) is 63.3. The molecule has 0 aliphatic carbocycles. The third-order valence-corrected chi connectivity index (χ3v) is 11.7. The average Bonchev–Trinajstić information content (AvgIpc) is 3.39. The van der Waals surface area contributed by atoms with Crippen LogP contribution in [0.3, 0.4) is 0 Å². The summed E-state index contributed by atoms with van der Waals surface area (Å²) in [6.07, 6.45) is 18.0. The predicted octanol–water partition coefficient (Wildman–Crippen LogP) is 13.9. The van der Waals surface area contributed by atoms with Gasteiger partial charge in [0.15, 0.2) is 0 Å². The van der Waals surface area contributed by atoms with E-state index in [4.69, 9.17) is 37.9 Å². The molecule has 14 nitrogen and oxygen atoms in total. The fourth-order valence-electron chi connectivity index (χ4n) is 7.37. The van der Waals surface area contributed by atoms with E-state index in [9.17, 15) is 28.8 Å². The Balaban J connectivity index is 0.000000439. The summed E-state index contributed by atoms with van der Waals surface area (Å²) in [5, 5.41) is 1.71. The Morgan fingerprint density at radius 1 is 0.382 bits per heavy atom. The van der Waals surface area contributed by atoms with Crippen LogP contribution in [0.4, 0.5) is 0 Å². The van der Waals surface area contributed by atoms with Crippen LogP contribution in [0, 0.1) is 6.92 Å². The SMILES string of the molecule is C=C(C)C(=O)OCCCCCC(=O)OCCCCCCCCOc1ccc(C(=O)Oc2ccc3cc(OC(C)=O)ccc3c2)cc1.C=C(C)C(=O)OCCCCCC(=O)OCCCCCCCCOc1ccc(C)cc1. The summed E-state index contributed by atoms with van der Waals surface area (Å²) < 4.78 is 42.8. The molecule has 0 heterocycles. The van der Waals surface area contributed by atoms with E-state index >= 15 is 0 Å². The highest BCUT2D eigenvalue weighted by atomic mass is 16.6. The van der Waals surface area contributed by atoms with Gasteiger partial charge in [0.05, 0.1) is 45.2 Å². The van der Waals surface area contributed by atoms with E-state index in [1.165, 1.54) is 18.9 Å². The van der Waals surface area contributed by atoms with Crippen molar-refractivity contribution >= 4 is 46.6 Å². The number of esters is 6. The topological polar surface area (TPSA) is 176 Å². The molecule has 0 aromatic heterocycles. The number of hydrogen-bond acceptors (Lipinski definition) is 14. The minimum Gasteiger partial charge on any atom is -0.494 e. The van der Waals surface area contributed by atoms with Gasteiger partial charge in [-0.25, -0.2) is 14.4 Å². The third-order valence-electron chi connectivity index (χ3n) is 11.7. The normalized spacial score (nSPS) is 10.6. The molecule has 0 amide bonds. The van der Waals surface area contributed by atoms with Crippen LogP contribution in [0.1, 0.15) is 165 Å². The van der Waals surface area contributed by atoms with Crippen molar-refractivity contribution in [3.8, 4) is 23.0 Å². The van der Waals surface area contributed by atoms with Crippen LogP contribution in [0.25, 0.3) is 10.8 Å². The lowest BCUT2D eigenvalue weighted by Gasteiger charge is -2.09. The highest BCUT2D eigenvalue weighted by Crippen LogP contribution is 2.26. The van der Waals surface area contributed by atoms with E-state index in [1.807, 2.05) is 12.1 Å². The largest absolute Gasteiger partial charge is 0.494 e. The number of aryl methyl sites for hydroxylation is 1. The fourth-order valence-corrected chi connectivity index (χ4v) is 7.37. The second kappa shape index (κ2) is 38.6. The van der Waals surface area contributed by atoms with E-state index in [0.29, 0.717) is 79.8 Å². The Morgan fingerprint density at radius 2 is 0.724 bits per heavy atom. The zero-order chi connectivity index (χ0) is 55.2. The van der Waals surface area contributed by atoms with Gasteiger partial charge in [0.2, 0.25) is 0 Å². The van der Waals surface area contributed by atoms with E-state index in [2.05, 4.69) is 32.2 Å². The molecule has 0 atom stereocenters. The van der Waals surface area contributed by atoms with Crippen molar-refractivity contribution in [1.29, 1.82) is 0 Å². The zero-order valence-corrected chi connectivity index (χ0v) is 45.6. The maximum Gasteiger partial charge on any atom is 0.343 e. The van der Waals surface area contributed by atoms with Gasteiger partial charge in [0.1, 0.15) is 23.0 Å². The standard InChI is InChI=1S/C37H44O9.C25H38O5/c1-27(2)36(40)44-24-12-8-9-13-35(39)43-23-11-7-5-4-6-10-22-42-32-18-14-29(15-19-32)37(41)46-34-21-17-30-25-33(45-28(3)38)20-16-31(30)26-34;1-21(2)25(27)30-20-12-8-9-13-24(26)29-19-11-7-5-4-6-10-18-28-23-16-14-22(3)15-17-23/h14-21,25-26H,1,4-13,22-24H2,2-3H3;14-17H,1,4-13,18-20H2,2-3H3. The van der Waals surface area contributed by atoms with E-state index in [-0.39, 0.29) is 29.8 Å². The highest BCUT2D eigenvalue weighted by Gasteiger charge is 2.11. The maximum atomic E-state index is 12.6. The monoisotopic (exact) mass is 1050 g/mol. The van der Waals surface area contributed by atoms with Crippen molar-refractivity contribution in [2.75, 3.05) is 39.6 Å². The lowest BCUT2D eigenvalue weighted by molar-refractivity contribution is -0.144. The number of hydrogen-bond donors (Lipinski definition) is 0. The lowest BCUT2D eigenvalue weighted by Crippen LogP contribution is -2.08. The van der Waals surface area contributed by atoms with Crippen LogP contribution < -0.4 is 18.9 Å². The number of ether oxygens (including phenoxy) is 8. The molecule has 4 aromatic carbocycles. The van der Waals surface area contributed by atoms with Crippen molar-refractivity contribution in [2.24, 2.45) is 0 Å². The number of carbonyl (C=O) groups is 6. The smallest absolute Gasteiger partial charge is 0.343 e. The van der Waals surface area contributed by atoms with Crippen LogP contribution in [0.2, 0.25) is 0 Å². The van der Waals surface area contributed by atoms with Crippen LogP contribution >= 0.6 is 0 Å². The van der Waals surface area contributed by atoms with Crippen LogP contribution in [-0.2, 0) is 42.9 Å². The fraction of sp³-hybridized carbons (Fsp3) is 0.484. The van der Waals surface area contributed by atoms with Crippen molar-refractivity contribution in [3.63, 3.8) is 0 Å². The molecule has 0 unspecified atom stereocenters. The highest BCUT2D eigenvalue weighted by molar-refractivity contribution is 5.92. The molecule has 0 radical (unpaired) electrons. The van der Waals surface area contributed by atoms with Crippen molar-refractivity contribution in [2.45, 2.75) is 156 Å². The molecular weight excluding hydrogens is 969 g/mol. The Kier molecular flexibility index (Phi) is 32.1. The van der Waals surface area contributed by atoms with Gasteiger partial charge in [-0.3, -0.25) is 14.4 Å². The van der Waals surface area contributed by atoms with Gasteiger partial charge >= 0.3 is 35.8 Å². The maximum absolute atomic E-state index is 12.6. The first-order valence-corrected chi connectivity index (χ1v) is 27.0. The number of benzene rings is 4. The van der Waals surface area contributed by atoms with Crippen molar-refractivity contribution in [3.05, 3.63) is 120 Å². The third kappa shape index (κ3) is 29.8. The average molecular weight is 1050 g/mol. The van der Waals surface area contributed by atoms with E-state index in [1.54, 1.807) is 74.5 Å². The van der Waals surface area contributed by atoms with Gasteiger partial charge in [-0.05, 0) is 156 Å². The van der Waals surface area contributed by atoms with Gasteiger partial charge in [-0.1, -0.05) is 94.4 Å². The van der Waals surface area contributed by atoms with Gasteiger partial charge in [0, 0.05) is 30.9 Å². The Morgan fingerprint density at radius 3 is 1.13 bits per heavy atom. The van der Waals surface area contributed by atoms with Gasteiger partial charge < -0.3 is 37.9 Å². The summed E-state index contributed by atoms with van der Waals surface area (Å²) in [5.41, 5.74) is 2.46. The van der Waals surface area contributed by atoms with E-state index in [0.717, 1.165) is 132 Å². The van der Waals surface area contributed by atoms with Crippen molar-refractivity contribution in [1.82, 2.24) is 0 Å². The lowest BCUT2D eigenvalue weighted by atomic mass is 10.1. The molecule has 0 saturated carbocycles. The Labute approximate surface area is 450 Å². The summed E-state index contributed by atoms with van der Waals surface area (Å²) in [5.74, 6) is 0.614. The first-order chi connectivity index (χ1) is 36.7. The molecule has 4 aromatic rings. The quantitative estimate of drug-likeness (QED) is 0.0137. The summed E-state index contributed by atoms with van der Waals surface area (Å²) in [7, 11) is 0. The van der Waals surface area contributed by atoms with Crippen LogP contribution in [0.5, 0.6) is 23.0 Å². The minimum atomic E-state index is -0.465. The van der Waals surface area contributed by atoms with Gasteiger partial charge in [-0.15, -0.1) is 0 Å². The number of unbranched alkanes of at least 4 members (excludes halogenated alkanes) is 14. The molecule has 0 N–H and O–H groups in total. The summed E-state index contributed by atoms with van der Waals surface area (Å²) >= 11 is 0. The first-order valence-electron chi connectivity index (χ1n) is 27.0. The molecule has 76 heavy (non-hydrogen) atoms. The van der Waals surface area contributed by atoms with E-state index < -0.39 is 5.97 Å². The summed E-state index contributed by atoms with van der Waals surface area (Å²) in [6, 6.07) is 25.6. The predicted molar refractivity (Wildman–Crippen MR) is 295 cm³/mol. The van der Waals surface area contributed by atoms with Gasteiger partial charge in [-0.2, -0.15) is 0 Å². The molecule has 0 saturated heterocycles. The molecule has 0 bridgehead atoms. The zero-order valence-electron chi connectivity index (χ0n) is 45.6. The molecule has 0 aliphatic heterocycles. The molecule has 0 spiro atoms. The van der Waals surface area contributed by atoms with Crippen LogP contribution in [-0.4, -0.2) is 75.5 Å². The Bertz CT molecular complexity index is 2390. The number of carbonyl (C=O) groups excluding carboxylic acids is 6. The molecule has 0 aliphatic rings. The minimum absolute atomic E-state index is 0.137. The molecule has 0 fully saturated rings. The summed E-state index contributed by atoms with van der Waals surface area (Å²) in [4.78, 5) is 69.8. The number of fused-ring (bicyclic) bond motifs is 1. The molecule has 4 rings (SSSR count). The Hall–Kier alpha value is -6.96. The summed E-state index contributed by atoms with van der Waals surface area (Å²) in [6.45, 7) is 16.7. The molecular formula is C62H82O14.